The van der Waals surface area contributed by atoms with Crippen LogP contribution in [-0.4, -0.2) is 36.6 Å². The lowest BCUT2D eigenvalue weighted by atomic mass is 10.2. The fraction of sp³-hybridized carbons (Fsp3) is 0.250. The van der Waals surface area contributed by atoms with Crippen LogP contribution in [-0.2, 0) is 4.79 Å². The van der Waals surface area contributed by atoms with Crippen molar-refractivity contribution in [2.24, 2.45) is 0 Å². The van der Waals surface area contributed by atoms with Gasteiger partial charge >= 0.3 is 5.82 Å². The molecule has 0 bridgehead atoms. The number of carbonyl (C=O) groups excluding carboxylic acids is 1. The minimum absolute atomic E-state index is 0.0764. The summed E-state index contributed by atoms with van der Waals surface area (Å²) < 4.78 is 15.5. The average Bonchev–Trinajstić information content (AvgIpc) is 2.60. The van der Waals surface area contributed by atoms with Crippen LogP contribution < -0.4 is 19.5 Å². The number of ether oxygens (including phenoxy) is 3. The smallest absolute Gasteiger partial charge is 0.406 e. The van der Waals surface area contributed by atoms with Crippen LogP contribution in [0.1, 0.15) is 5.69 Å². The van der Waals surface area contributed by atoms with Crippen molar-refractivity contribution in [3.05, 3.63) is 46.1 Å². The van der Waals surface area contributed by atoms with E-state index < -0.39 is 23.3 Å². The van der Waals surface area contributed by atoms with Gasteiger partial charge in [0.1, 0.15) is 17.2 Å². The zero-order valence-corrected chi connectivity index (χ0v) is 13.9. The first-order valence-corrected chi connectivity index (χ1v) is 7.21. The van der Waals surface area contributed by atoms with E-state index in [2.05, 4.69) is 10.3 Å². The summed E-state index contributed by atoms with van der Waals surface area (Å²) in [5, 5.41) is 13.6. The second kappa shape index (κ2) is 7.95. The van der Waals surface area contributed by atoms with Crippen LogP contribution in [0.3, 0.4) is 0 Å². The normalized spacial score (nSPS) is 10.0. The standard InChI is InChI=1S/C16H17N3O6/c1-10-4-7-13(16(17-10)19(21)22)25-9-15(20)18-12-6-5-11(23-2)8-14(12)24-3/h4-8H,9H2,1-3H3,(H,18,20). The Labute approximate surface area is 143 Å². The Morgan fingerprint density at radius 3 is 2.60 bits per heavy atom. The van der Waals surface area contributed by atoms with E-state index >= 15 is 0 Å². The van der Waals surface area contributed by atoms with Gasteiger partial charge in [0, 0.05) is 13.0 Å². The third kappa shape index (κ3) is 4.56. The van der Waals surface area contributed by atoms with Crippen LogP contribution in [0.25, 0.3) is 0 Å². The molecule has 25 heavy (non-hydrogen) atoms. The molecule has 1 aromatic heterocycles. The molecule has 1 heterocycles. The summed E-state index contributed by atoms with van der Waals surface area (Å²) in [7, 11) is 2.98. The number of aryl methyl sites for hydroxylation is 1. The fourth-order valence-corrected chi connectivity index (χ4v) is 2.01. The van der Waals surface area contributed by atoms with Crippen molar-refractivity contribution in [3.8, 4) is 17.2 Å². The SMILES string of the molecule is COc1ccc(NC(=O)COc2ccc(C)nc2[N+](=O)[O-])c(OC)c1. The van der Waals surface area contributed by atoms with E-state index in [4.69, 9.17) is 14.2 Å². The van der Waals surface area contributed by atoms with Crippen LogP contribution in [0, 0.1) is 17.0 Å². The number of nitrogens with zero attached hydrogens (tertiary/aromatic N) is 2. The molecule has 0 aliphatic rings. The summed E-state index contributed by atoms with van der Waals surface area (Å²) >= 11 is 0. The largest absolute Gasteiger partial charge is 0.497 e. The maximum atomic E-state index is 12.0. The molecule has 0 aliphatic carbocycles. The second-order valence-electron chi connectivity index (χ2n) is 4.93. The molecule has 0 aliphatic heterocycles. The Morgan fingerprint density at radius 1 is 1.20 bits per heavy atom. The third-order valence-corrected chi connectivity index (χ3v) is 3.19. The van der Waals surface area contributed by atoms with Gasteiger partial charge in [0.15, 0.2) is 6.61 Å². The van der Waals surface area contributed by atoms with Crippen LogP contribution >= 0.6 is 0 Å². The minimum atomic E-state index is -0.660. The third-order valence-electron chi connectivity index (χ3n) is 3.19. The minimum Gasteiger partial charge on any atom is -0.497 e. The Hall–Kier alpha value is -3.36. The predicted molar refractivity (Wildman–Crippen MR) is 89.3 cm³/mol. The van der Waals surface area contributed by atoms with E-state index in [1.807, 2.05) is 0 Å². The molecule has 2 rings (SSSR count). The molecule has 9 nitrogen and oxygen atoms in total. The van der Waals surface area contributed by atoms with Crippen LogP contribution in [0.2, 0.25) is 0 Å². The van der Waals surface area contributed by atoms with Crippen molar-refractivity contribution in [3.63, 3.8) is 0 Å². The summed E-state index contributed by atoms with van der Waals surface area (Å²) in [5.74, 6) is -0.0243. The number of amides is 1. The van der Waals surface area contributed by atoms with Gasteiger partial charge in [-0.2, -0.15) is 0 Å². The molecule has 0 saturated carbocycles. The van der Waals surface area contributed by atoms with Gasteiger partial charge in [-0.3, -0.25) is 4.79 Å². The summed E-state index contributed by atoms with van der Waals surface area (Å²) in [6.07, 6.45) is 0. The quantitative estimate of drug-likeness (QED) is 0.604. The number of rotatable bonds is 7. The number of hydrogen-bond acceptors (Lipinski definition) is 7. The summed E-state index contributed by atoms with van der Waals surface area (Å²) in [6.45, 7) is 1.21. The summed E-state index contributed by atoms with van der Waals surface area (Å²) in [6, 6.07) is 7.86. The zero-order chi connectivity index (χ0) is 18.4. The molecule has 0 saturated heterocycles. The number of benzene rings is 1. The first kappa shape index (κ1) is 18.0. The molecule has 0 fully saturated rings. The van der Waals surface area contributed by atoms with Crippen LogP contribution in [0.5, 0.6) is 17.2 Å². The van der Waals surface area contributed by atoms with Gasteiger partial charge in [0.05, 0.1) is 19.9 Å². The topological polar surface area (TPSA) is 113 Å². The van der Waals surface area contributed by atoms with Crippen molar-refractivity contribution < 1.29 is 23.9 Å². The molecule has 2 aromatic rings. The molecule has 1 aromatic carbocycles. The predicted octanol–water partition coefficient (Wildman–Crippen LogP) is 2.33. The number of aromatic nitrogens is 1. The van der Waals surface area contributed by atoms with Gasteiger partial charge in [-0.05, 0) is 34.2 Å². The van der Waals surface area contributed by atoms with Crippen molar-refractivity contribution in [1.29, 1.82) is 0 Å². The number of hydrogen-bond donors (Lipinski definition) is 1. The highest BCUT2D eigenvalue weighted by atomic mass is 16.6. The maximum absolute atomic E-state index is 12.0. The zero-order valence-electron chi connectivity index (χ0n) is 13.9. The highest BCUT2D eigenvalue weighted by Crippen LogP contribution is 2.29. The first-order valence-electron chi connectivity index (χ1n) is 7.21. The first-order chi connectivity index (χ1) is 11.9. The molecule has 0 radical (unpaired) electrons. The Balaban J connectivity index is 2.06. The molecule has 132 valence electrons. The van der Waals surface area contributed by atoms with Gasteiger partial charge < -0.3 is 29.6 Å². The van der Waals surface area contributed by atoms with Crippen molar-refractivity contribution >= 4 is 17.4 Å². The second-order valence-corrected chi connectivity index (χ2v) is 4.93. The number of carbonyl (C=O) groups is 1. The van der Waals surface area contributed by atoms with Crippen molar-refractivity contribution in [2.45, 2.75) is 6.92 Å². The molecule has 0 unspecified atom stereocenters. The van der Waals surface area contributed by atoms with E-state index in [0.29, 0.717) is 22.9 Å². The van der Waals surface area contributed by atoms with Gasteiger partial charge in [-0.15, -0.1) is 0 Å². The maximum Gasteiger partial charge on any atom is 0.406 e. The Morgan fingerprint density at radius 2 is 1.96 bits per heavy atom. The van der Waals surface area contributed by atoms with Gasteiger partial charge in [-0.25, -0.2) is 0 Å². The lowest BCUT2D eigenvalue weighted by Crippen LogP contribution is -2.21. The van der Waals surface area contributed by atoms with Gasteiger partial charge in [0.2, 0.25) is 5.75 Å². The van der Waals surface area contributed by atoms with E-state index in [-0.39, 0.29) is 5.75 Å². The van der Waals surface area contributed by atoms with Crippen molar-refractivity contribution in [2.75, 3.05) is 26.1 Å². The number of nitrogens with one attached hydrogen (secondary N) is 1. The highest BCUT2D eigenvalue weighted by Gasteiger charge is 2.19. The molecular formula is C16H17N3O6. The van der Waals surface area contributed by atoms with Crippen LogP contribution in [0.15, 0.2) is 30.3 Å². The Kier molecular flexibility index (Phi) is 5.72. The average molecular weight is 347 g/mol. The van der Waals surface area contributed by atoms with Crippen molar-refractivity contribution in [1.82, 2.24) is 4.98 Å². The number of anilines is 1. The van der Waals surface area contributed by atoms with Gasteiger partial charge in [-0.1, -0.05) is 0 Å². The number of methoxy groups -OCH3 is 2. The van der Waals surface area contributed by atoms with E-state index in [0.717, 1.165) is 0 Å². The monoisotopic (exact) mass is 347 g/mol. The molecule has 1 amide bonds. The lowest BCUT2D eigenvalue weighted by Gasteiger charge is -2.12. The van der Waals surface area contributed by atoms with E-state index in [1.54, 1.807) is 31.2 Å². The van der Waals surface area contributed by atoms with E-state index in [1.165, 1.54) is 20.3 Å². The summed E-state index contributed by atoms with van der Waals surface area (Å²) in [4.78, 5) is 26.2. The molecule has 9 heteroatoms. The number of pyridine rings is 1. The van der Waals surface area contributed by atoms with Crippen LogP contribution in [0.4, 0.5) is 11.5 Å². The number of nitro groups is 1. The summed E-state index contributed by atoms with van der Waals surface area (Å²) in [5.41, 5.74) is 0.903. The highest BCUT2D eigenvalue weighted by molar-refractivity contribution is 5.93. The van der Waals surface area contributed by atoms with E-state index in [9.17, 15) is 14.9 Å². The Bertz CT molecular complexity index is 793. The fourth-order valence-electron chi connectivity index (χ4n) is 2.01. The molecular weight excluding hydrogens is 330 g/mol. The lowest BCUT2D eigenvalue weighted by molar-refractivity contribution is -0.390. The molecule has 0 atom stereocenters. The molecule has 0 spiro atoms. The molecule has 1 N–H and O–H groups in total. The van der Waals surface area contributed by atoms with Gasteiger partial charge in [0.25, 0.3) is 5.91 Å².